The number of carbonyl (C=O) groups excluding carboxylic acids is 1. The molecule has 2 aromatic carbocycles. The van der Waals surface area contributed by atoms with Gasteiger partial charge in [-0.2, -0.15) is 0 Å². The normalized spacial score (nSPS) is 10.6. The van der Waals surface area contributed by atoms with Crippen molar-refractivity contribution in [2.45, 2.75) is 6.42 Å². The number of nitrogens with one attached hydrogen (secondary N) is 2. The van der Waals surface area contributed by atoms with Crippen molar-refractivity contribution in [1.29, 1.82) is 0 Å². The Hall–Kier alpha value is -2.15. The van der Waals surface area contributed by atoms with Gasteiger partial charge in [-0.25, -0.2) is 9.37 Å². The average Bonchev–Trinajstić information content (AvgIpc) is 3.04. The van der Waals surface area contributed by atoms with Gasteiger partial charge in [0.2, 0.25) is 5.91 Å². The molecule has 0 radical (unpaired) electrons. The van der Waals surface area contributed by atoms with Crippen LogP contribution in [0.2, 0.25) is 10.0 Å². The second-order valence-electron chi connectivity index (χ2n) is 5.45. The number of carbonyl (C=O) groups is 1. The molecule has 0 bridgehead atoms. The Balaban J connectivity index is 1.54. The summed E-state index contributed by atoms with van der Waals surface area (Å²) in [4.78, 5) is 17.2. The standard InChI is InChI=1S/C18H14Cl2FN3OS/c19-12-2-1-11(16(20)8-12)7-15-9-23-18(26-15)24-17(25)10-22-14-5-3-13(21)4-6-14/h1-6,8-9,22H,7,10H2,(H,23,24,25). The number of anilines is 2. The maximum atomic E-state index is 12.8. The number of hydrogen-bond acceptors (Lipinski definition) is 4. The van der Waals surface area contributed by atoms with E-state index < -0.39 is 0 Å². The molecule has 2 N–H and O–H groups in total. The molecule has 1 heterocycles. The van der Waals surface area contributed by atoms with Gasteiger partial charge in [0.1, 0.15) is 5.82 Å². The maximum Gasteiger partial charge on any atom is 0.245 e. The molecule has 0 saturated carbocycles. The van der Waals surface area contributed by atoms with Gasteiger partial charge in [-0.15, -0.1) is 11.3 Å². The van der Waals surface area contributed by atoms with E-state index in [1.54, 1.807) is 30.5 Å². The number of hydrogen-bond donors (Lipinski definition) is 2. The lowest BCUT2D eigenvalue weighted by Crippen LogP contribution is -2.21. The predicted octanol–water partition coefficient (Wildman–Crippen LogP) is 5.23. The number of aromatic nitrogens is 1. The van der Waals surface area contributed by atoms with E-state index in [1.807, 2.05) is 6.07 Å². The molecule has 1 amide bonds. The SMILES string of the molecule is O=C(CNc1ccc(F)cc1)Nc1ncc(Cc2ccc(Cl)cc2Cl)s1. The number of nitrogens with zero attached hydrogens (tertiary/aromatic N) is 1. The van der Waals surface area contributed by atoms with Crippen molar-refractivity contribution in [2.75, 3.05) is 17.2 Å². The molecular weight excluding hydrogens is 396 g/mol. The molecule has 3 rings (SSSR count). The summed E-state index contributed by atoms with van der Waals surface area (Å²) < 4.78 is 12.8. The number of amides is 1. The van der Waals surface area contributed by atoms with E-state index in [2.05, 4.69) is 15.6 Å². The van der Waals surface area contributed by atoms with Crippen molar-refractivity contribution in [3.05, 3.63) is 75.0 Å². The van der Waals surface area contributed by atoms with Gasteiger partial charge in [-0.3, -0.25) is 4.79 Å². The van der Waals surface area contributed by atoms with Crippen LogP contribution in [0.5, 0.6) is 0 Å². The summed E-state index contributed by atoms with van der Waals surface area (Å²) >= 11 is 13.5. The first-order valence-electron chi connectivity index (χ1n) is 7.67. The van der Waals surface area contributed by atoms with Crippen molar-refractivity contribution in [3.8, 4) is 0 Å². The second-order valence-corrected chi connectivity index (χ2v) is 7.41. The van der Waals surface area contributed by atoms with Crippen LogP contribution in [0, 0.1) is 5.82 Å². The van der Waals surface area contributed by atoms with E-state index in [9.17, 15) is 9.18 Å². The lowest BCUT2D eigenvalue weighted by atomic mass is 10.1. The van der Waals surface area contributed by atoms with E-state index in [4.69, 9.17) is 23.2 Å². The third-order valence-corrected chi connectivity index (χ3v) is 4.98. The zero-order valence-electron chi connectivity index (χ0n) is 13.4. The number of rotatable bonds is 6. The second kappa shape index (κ2) is 8.49. The van der Waals surface area contributed by atoms with Crippen LogP contribution < -0.4 is 10.6 Å². The van der Waals surface area contributed by atoms with Gasteiger partial charge in [0.05, 0.1) is 6.54 Å². The molecule has 1 aromatic heterocycles. The molecule has 0 aliphatic heterocycles. The molecule has 0 spiro atoms. The topological polar surface area (TPSA) is 54.0 Å². The van der Waals surface area contributed by atoms with Crippen molar-refractivity contribution >= 4 is 51.3 Å². The summed E-state index contributed by atoms with van der Waals surface area (Å²) in [5.74, 6) is -0.559. The average molecular weight is 410 g/mol. The molecule has 0 unspecified atom stereocenters. The molecule has 0 atom stereocenters. The molecule has 0 fully saturated rings. The third kappa shape index (κ3) is 5.17. The van der Waals surface area contributed by atoms with Crippen LogP contribution in [0.3, 0.4) is 0 Å². The van der Waals surface area contributed by atoms with Crippen molar-refractivity contribution in [3.63, 3.8) is 0 Å². The zero-order valence-corrected chi connectivity index (χ0v) is 15.8. The largest absolute Gasteiger partial charge is 0.376 e. The maximum absolute atomic E-state index is 12.8. The van der Waals surface area contributed by atoms with Crippen molar-refractivity contribution < 1.29 is 9.18 Å². The summed E-state index contributed by atoms with van der Waals surface area (Å²) in [6, 6.07) is 11.1. The van der Waals surface area contributed by atoms with Crippen LogP contribution in [-0.4, -0.2) is 17.4 Å². The molecular formula is C18H14Cl2FN3OS. The Morgan fingerprint density at radius 3 is 2.65 bits per heavy atom. The first-order valence-corrected chi connectivity index (χ1v) is 9.25. The Labute approximate surface area is 164 Å². The van der Waals surface area contributed by atoms with Crippen LogP contribution in [-0.2, 0) is 11.2 Å². The Morgan fingerprint density at radius 2 is 1.92 bits per heavy atom. The zero-order chi connectivity index (χ0) is 18.5. The molecule has 0 saturated heterocycles. The lowest BCUT2D eigenvalue weighted by molar-refractivity contribution is -0.114. The quantitative estimate of drug-likeness (QED) is 0.585. The number of benzene rings is 2. The minimum Gasteiger partial charge on any atom is -0.376 e. The Kier molecular flexibility index (Phi) is 6.08. The smallest absolute Gasteiger partial charge is 0.245 e. The van der Waals surface area contributed by atoms with Crippen LogP contribution in [0.25, 0.3) is 0 Å². The summed E-state index contributed by atoms with van der Waals surface area (Å²) in [6.07, 6.45) is 2.32. The Bertz CT molecular complexity index is 915. The molecule has 134 valence electrons. The van der Waals surface area contributed by atoms with Crippen LogP contribution >= 0.6 is 34.5 Å². The predicted molar refractivity (Wildman–Crippen MR) is 105 cm³/mol. The van der Waals surface area contributed by atoms with E-state index in [0.717, 1.165) is 10.4 Å². The van der Waals surface area contributed by atoms with E-state index in [1.165, 1.54) is 23.5 Å². The van der Waals surface area contributed by atoms with Gasteiger partial charge in [0, 0.05) is 33.2 Å². The molecule has 8 heteroatoms. The molecule has 26 heavy (non-hydrogen) atoms. The minimum atomic E-state index is -0.323. The van der Waals surface area contributed by atoms with Gasteiger partial charge in [-0.05, 0) is 42.0 Å². The van der Waals surface area contributed by atoms with E-state index in [0.29, 0.717) is 27.3 Å². The highest BCUT2D eigenvalue weighted by Gasteiger charge is 2.09. The molecule has 0 aliphatic rings. The summed E-state index contributed by atoms with van der Waals surface area (Å²) in [5, 5.41) is 7.35. The minimum absolute atomic E-state index is 0.0591. The van der Waals surface area contributed by atoms with Crippen LogP contribution in [0.15, 0.2) is 48.7 Å². The highest BCUT2D eigenvalue weighted by atomic mass is 35.5. The van der Waals surface area contributed by atoms with Gasteiger partial charge in [0.25, 0.3) is 0 Å². The first kappa shape index (κ1) is 18.6. The van der Waals surface area contributed by atoms with Gasteiger partial charge in [-0.1, -0.05) is 29.3 Å². The third-order valence-electron chi connectivity index (χ3n) is 3.48. The molecule has 0 aliphatic carbocycles. The van der Waals surface area contributed by atoms with Crippen LogP contribution in [0.4, 0.5) is 15.2 Å². The lowest BCUT2D eigenvalue weighted by Gasteiger charge is -2.05. The molecule has 4 nitrogen and oxygen atoms in total. The van der Waals surface area contributed by atoms with Gasteiger partial charge in [0.15, 0.2) is 5.13 Å². The van der Waals surface area contributed by atoms with E-state index >= 15 is 0 Å². The van der Waals surface area contributed by atoms with Crippen molar-refractivity contribution in [2.24, 2.45) is 0 Å². The van der Waals surface area contributed by atoms with Gasteiger partial charge < -0.3 is 10.6 Å². The fraction of sp³-hybridized carbons (Fsp3) is 0.111. The highest BCUT2D eigenvalue weighted by molar-refractivity contribution is 7.15. The Morgan fingerprint density at radius 1 is 1.15 bits per heavy atom. The monoisotopic (exact) mass is 409 g/mol. The number of thiazole rings is 1. The summed E-state index contributed by atoms with van der Waals surface area (Å²) in [7, 11) is 0. The highest BCUT2D eigenvalue weighted by Crippen LogP contribution is 2.26. The molecule has 3 aromatic rings. The van der Waals surface area contributed by atoms with E-state index in [-0.39, 0.29) is 18.3 Å². The summed E-state index contributed by atoms with van der Waals surface area (Å²) in [5.41, 5.74) is 1.61. The van der Waals surface area contributed by atoms with Gasteiger partial charge >= 0.3 is 0 Å². The van der Waals surface area contributed by atoms with Crippen molar-refractivity contribution in [1.82, 2.24) is 4.98 Å². The summed E-state index contributed by atoms with van der Waals surface area (Å²) in [6.45, 7) is 0.0591. The fourth-order valence-electron chi connectivity index (χ4n) is 2.21. The van der Waals surface area contributed by atoms with Crippen LogP contribution in [0.1, 0.15) is 10.4 Å². The fourth-order valence-corrected chi connectivity index (χ4v) is 3.54. The number of halogens is 3. The first-order chi connectivity index (χ1) is 12.5.